The van der Waals surface area contributed by atoms with E-state index in [0.29, 0.717) is 17.1 Å². The van der Waals surface area contributed by atoms with Crippen LogP contribution in [0.4, 0.5) is 6.01 Å². The molecule has 1 amide bonds. The maximum absolute atomic E-state index is 12.0. The number of nitrogens with zero attached hydrogens (tertiary/aromatic N) is 2. The van der Waals surface area contributed by atoms with E-state index in [1.54, 1.807) is 31.4 Å². The molecule has 1 heterocycles. The van der Waals surface area contributed by atoms with Crippen LogP contribution < -0.4 is 14.8 Å². The number of ether oxygens (including phenoxy) is 2. The van der Waals surface area contributed by atoms with Gasteiger partial charge in [-0.1, -0.05) is 35.4 Å². The van der Waals surface area contributed by atoms with Crippen LogP contribution in [0.5, 0.6) is 11.5 Å². The fourth-order valence-electron chi connectivity index (χ4n) is 2.24. The zero-order valence-electron chi connectivity index (χ0n) is 14.3. The number of nitrogens with one attached hydrogen (secondary N) is 1. The summed E-state index contributed by atoms with van der Waals surface area (Å²) < 4.78 is 16.0. The average Bonchev–Trinajstić information content (AvgIpc) is 3.14. The summed E-state index contributed by atoms with van der Waals surface area (Å²) in [6, 6.07) is 14.7. The molecule has 0 atom stereocenters. The number of hydrogen-bond donors (Lipinski definition) is 1. The van der Waals surface area contributed by atoms with Crippen LogP contribution in [0.3, 0.4) is 0 Å². The maximum Gasteiger partial charge on any atom is 0.322 e. The highest BCUT2D eigenvalue weighted by Crippen LogP contribution is 2.32. The van der Waals surface area contributed by atoms with Crippen LogP contribution in [0, 0.1) is 0 Å². The second-order valence-electron chi connectivity index (χ2n) is 5.21. The van der Waals surface area contributed by atoms with Crippen molar-refractivity contribution in [1.29, 1.82) is 0 Å². The van der Waals surface area contributed by atoms with Crippen molar-refractivity contribution in [2.24, 2.45) is 0 Å². The van der Waals surface area contributed by atoms with Crippen molar-refractivity contribution in [3.8, 4) is 23.0 Å². The molecule has 7 heteroatoms. The van der Waals surface area contributed by atoms with Crippen molar-refractivity contribution < 1.29 is 18.7 Å². The summed E-state index contributed by atoms with van der Waals surface area (Å²) in [4.78, 5) is 12.0. The van der Waals surface area contributed by atoms with E-state index < -0.39 is 0 Å². The molecule has 3 aromatic rings. The van der Waals surface area contributed by atoms with Gasteiger partial charge < -0.3 is 13.9 Å². The Kier molecular flexibility index (Phi) is 5.28. The molecular weight excluding hydrogens is 334 g/mol. The van der Waals surface area contributed by atoms with Crippen molar-refractivity contribution in [3.63, 3.8) is 0 Å². The molecule has 1 N–H and O–H groups in total. The molecular formula is C19H17N3O4. The Balaban J connectivity index is 1.72. The first-order chi connectivity index (χ1) is 12.7. The smallest absolute Gasteiger partial charge is 0.322 e. The zero-order chi connectivity index (χ0) is 18.4. The molecule has 0 spiro atoms. The molecule has 0 bridgehead atoms. The van der Waals surface area contributed by atoms with E-state index in [1.165, 1.54) is 13.2 Å². The summed E-state index contributed by atoms with van der Waals surface area (Å²) in [5.74, 6) is 1.03. The summed E-state index contributed by atoms with van der Waals surface area (Å²) in [6.07, 6.45) is 3.09. The number of carbonyl (C=O) groups excluding carboxylic acids is 1. The minimum absolute atomic E-state index is 0.000540. The minimum atomic E-state index is -0.370. The zero-order valence-corrected chi connectivity index (χ0v) is 14.3. The van der Waals surface area contributed by atoms with E-state index in [-0.39, 0.29) is 17.8 Å². The van der Waals surface area contributed by atoms with Crippen LogP contribution in [0.1, 0.15) is 5.56 Å². The summed E-state index contributed by atoms with van der Waals surface area (Å²) >= 11 is 0. The van der Waals surface area contributed by atoms with Crippen molar-refractivity contribution in [2.75, 3.05) is 19.5 Å². The number of rotatable bonds is 6. The monoisotopic (exact) mass is 351 g/mol. The topological polar surface area (TPSA) is 86.5 Å². The van der Waals surface area contributed by atoms with Gasteiger partial charge in [-0.3, -0.25) is 10.1 Å². The normalized spacial score (nSPS) is 10.7. The molecule has 7 nitrogen and oxygen atoms in total. The second kappa shape index (κ2) is 7.98. The number of benzene rings is 2. The standard InChI is InChI=1S/C19H17N3O4/c1-24-14-9-10-15(16(12-14)25-2)18-21-22-19(26-18)20-17(23)11-8-13-6-4-3-5-7-13/h3-12H,1-2H3,(H,20,22,23). The molecule has 132 valence electrons. The maximum atomic E-state index is 12.0. The molecule has 0 unspecified atom stereocenters. The second-order valence-corrected chi connectivity index (χ2v) is 5.21. The molecule has 2 aromatic carbocycles. The quantitative estimate of drug-likeness (QED) is 0.685. The molecule has 26 heavy (non-hydrogen) atoms. The van der Waals surface area contributed by atoms with Gasteiger partial charge in [-0.25, -0.2) is 0 Å². The SMILES string of the molecule is COc1ccc(-c2nnc(NC(=O)C=Cc3ccccc3)o2)c(OC)c1. The van der Waals surface area contributed by atoms with Crippen molar-refractivity contribution in [2.45, 2.75) is 0 Å². The Labute approximate surface area is 150 Å². The Morgan fingerprint density at radius 3 is 2.62 bits per heavy atom. The highest BCUT2D eigenvalue weighted by atomic mass is 16.5. The highest BCUT2D eigenvalue weighted by molar-refractivity contribution is 6.00. The Bertz CT molecular complexity index is 920. The number of anilines is 1. The van der Waals surface area contributed by atoms with Crippen LogP contribution in [0.15, 0.2) is 59.0 Å². The average molecular weight is 351 g/mol. The third-order valence-electron chi connectivity index (χ3n) is 3.52. The summed E-state index contributed by atoms with van der Waals surface area (Å²) in [7, 11) is 3.10. The molecule has 1 aromatic heterocycles. The summed E-state index contributed by atoms with van der Waals surface area (Å²) in [6.45, 7) is 0. The molecule has 3 rings (SSSR count). The van der Waals surface area contributed by atoms with Gasteiger partial charge in [-0.15, -0.1) is 5.10 Å². The van der Waals surface area contributed by atoms with Crippen LogP contribution >= 0.6 is 0 Å². The number of methoxy groups -OCH3 is 2. The lowest BCUT2D eigenvalue weighted by Gasteiger charge is -2.07. The van der Waals surface area contributed by atoms with Gasteiger partial charge in [-0.05, 0) is 23.8 Å². The predicted octanol–water partition coefficient (Wildman–Crippen LogP) is 3.41. The van der Waals surface area contributed by atoms with E-state index in [9.17, 15) is 4.79 Å². The van der Waals surface area contributed by atoms with E-state index in [2.05, 4.69) is 15.5 Å². The lowest BCUT2D eigenvalue weighted by Crippen LogP contribution is -2.07. The molecule has 0 aliphatic rings. The van der Waals surface area contributed by atoms with Gasteiger partial charge in [0.05, 0.1) is 19.8 Å². The van der Waals surface area contributed by atoms with Gasteiger partial charge in [0.15, 0.2) is 0 Å². The van der Waals surface area contributed by atoms with Gasteiger partial charge in [0.25, 0.3) is 11.8 Å². The lowest BCUT2D eigenvalue weighted by molar-refractivity contribution is -0.112. The fourth-order valence-corrected chi connectivity index (χ4v) is 2.24. The minimum Gasteiger partial charge on any atom is -0.497 e. The van der Waals surface area contributed by atoms with Crippen molar-refractivity contribution >= 4 is 18.0 Å². The Morgan fingerprint density at radius 1 is 1.08 bits per heavy atom. The lowest BCUT2D eigenvalue weighted by atomic mass is 10.2. The van der Waals surface area contributed by atoms with Crippen LogP contribution in [0.25, 0.3) is 17.5 Å². The number of hydrogen-bond acceptors (Lipinski definition) is 6. The first-order valence-corrected chi connectivity index (χ1v) is 7.79. The molecule has 0 saturated carbocycles. The largest absolute Gasteiger partial charge is 0.497 e. The summed E-state index contributed by atoms with van der Waals surface area (Å²) in [5, 5.41) is 10.3. The molecule has 0 fully saturated rings. The summed E-state index contributed by atoms with van der Waals surface area (Å²) in [5.41, 5.74) is 1.51. The van der Waals surface area contributed by atoms with E-state index in [4.69, 9.17) is 13.9 Å². The van der Waals surface area contributed by atoms with Crippen LogP contribution in [-0.4, -0.2) is 30.3 Å². The predicted molar refractivity (Wildman–Crippen MR) is 96.9 cm³/mol. The van der Waals surface area contributed by atoms with Crippen LogP contribution in [-0.2, 0) is 4.79 Å². The number of carbonyl (C=O) groups is 1. The molecule has 0 aliphatic heterocycles. The number of aromatic nitrogens is 2. The Morgan fingerprint density at radius 2 is 1.88 bits per heavy atom. The van der Waals surface area contributed by atoms with Gasteiger partial charge in [0.2, 0.25) is 0 Å². The molecule has 0 aliphatic carbocycles. The van der Waals surface area contributed by atoms with E-state index in [0.717, 1.165) is 5.56 Å². The first kappa shape index (κ1) is 17.2. The van der Waals surface area contributed by atoms with Gasteiger partial charge in [0, 0.05) is 12.1 Å². The van der Waals surface area contributed by atoms with E-state index in [1.807, 2.05) is 30.3 Å². The van der Waals surface area contributed by atoms with Gasteiger partial charge in [-0.2, -0.15) is 0 Å². The molecule has 0 saturated heterocycles. The van der Waals surface area contributed by atoms with Crippen molar-refractivity contribution in [3.05, 3.63) is 60.2 Å². The van der Waals surface area contributed by atoms with Gasteiger partial charge in [0.1, 0.15) is 11.5 Å². The third kappa shape index (κ3) is 4.07. The fraction of sp³-hybridized carbons (Fsp3) is 0.105. The van der Waals surface area contributed by atoms with Crippen molar-refractivity contribution in [1.82, 2.24) is 10.2 Å². The third-order valence-corrected chi connectivity index (χ3v) is 3.52. The van der Waals surface area contributed by atoms with Gasteiger partial charge >= 0.3 is 6.01 Å². The van der Waals surface area contributed by atoms with E-state index >= 15 is 0 Å². The Hall–Kier alpha value is -3.61. The first-order valence-electron chi connectivity index (χ1n) is 7.79. The molecule has 0 radical (unpaired) electrons. The number of amides is 1. The van der Waals surface area contributed by atoms with Crippen LogP contribution in [0.2, 0.25) is 0 Å². The highest BCUT2D eigenvalue weighted by Gasteiger charge is 2.15.